The fourth-order valence-corrected chi connectivity index (χ4v) is 2.34. The molecule has 0 radical (unpaired) electrons. The van der Waals surface area contributed by atoms with Crippen molar-refractivity contribution in [2.24, 2.45) is 0 Å². The molecule has 1 heterocycles. The zero-order valence-electron chi connectivity index (χ0n) is 13.5. The Morgan fingerprint density at radius 3 is 2.78 bits per heavy atom. The highest BCUT2D eigenvalue weighted by Crippen LogP contribution is 2.16. The van der Waals surface area contributed by atoms with Crippen molar-refractivity contribution < 1.29 is 14.3 Å². The summed E-state index contributed by atoms with van der Waals surface area (Å²) < 4.78 is 11.0. The topological polar surface area (TPSA) is 71.3 Å². The van der Waals surface area contributed by atoms with Gasteiger partial charge >= 0.3 is 0 Å². The lowest BCUT2D eigenvalue weighted by Gasteiger charge is -2.10. The van der Waals surface area contributed by atoms with Crippen LogP contribution in [0.4, 0.5) is 0 Å². The Balaban J connectivity index is 1.96. The Bertz CT molecular complexity index is 594. The SMILES string of the molecule is CC(C)Oc1ccc(/C=C(/C#N)C(=O)NC[C@@H]2CCCO2)cc1. The van der Waals surface area contributed by atoms with Crippen LogP contribution >= 0.6 is 0 Å². The number of rotatable bonds is 6. The van der Waals surface area contributed by atoms with E-state index >= 15 is 0 Å². The van der Waals surface area contributed by atoms with Gasteiger partial charge in [-0.15, -0.1) is 0 Å². The Kier molecular flexibility index (Phi) is 6.19. The van der Waals surface area contributed by atoms with E-state index in [0.717, 1.165) is 30.8 Å². The van der Waals surface area contributed by atoms with E-state index in [1.807, 2.05) is 44.2 Å². The molecule has 1 aromatic rings. The van der Waals surface area contributed by atoms with E-state index in [-0.39, 0.29) is 23.7 Å². The minimum Gasteiger partial charge on any atom is -0.491 e. The summed E-state index contributed by atoms with van der Waals surface area (Å²) in [5, 5.41) is 11.9. The quantitative estimate of drug-likeness (QED) is 0.647. The third kappa shape index (κ3) is 5.42. The number of nitriles is 1. The fourth-order valence-electron chi connectivity index (χ4n) is 2.34. The van der Waals surface area contributed by atoms with E-state index in [2.05, 4.69) is 5.32 Å². The van der Waals surface area contributed by atoms with Crippen molar-refractivity contribution in [1.29, 1.82) is 5.26 Å². The van der Waals surface area contributed by atoms with Gasteiger partial charge in [-0.2, -0.15) is 5.26 Å². The van der Waals surface area contributed by atoms with Crippen LogP contribution in [0.15, 0.2) is 29.8 Å². The molecule has 0 saturated carbocycles. The Labute approximate surface area is 136 Å². The summed E-state index contributed by atoms with van der Waals surface area (Å²) in [6.45, 7) is 5.10. The van der Waals surface area contributed by atoms with E-state index < -0.39 is 0 Å². The molecule has 122 valence electrons. The monoisotopic (exact) mass is 314 g/mol. The number of nitrogens with one attached hydrogen (secondary N) is 1. The molecule has 2 rings (SSSR count). The first-order valence-electron chi connectivity index (χ1n) is 7.87. The van der Waals surface area contributed by atoms with Crippen LogP contribution in [0.3, 0.4) is 0 Å². The van der Waals surface area contributed by atoms with E-state index in [0.29, 0.717) is 6.54 Å². The highest BCUT2D eigenvalue weighted by Gasteiger charge is 2.17. The molecule has 1 aromatic carbocycles. The van der Waals surface area contributed by atoms with E-state index in [4.69, 9.17) is 9.47 Å². The van der Waals surface area contributed by atoms with Crippen LogP contribution in [-0.2, 0) is 9.53 Å². The third-order valence-electron chi connectivity index (χ3n) is 3.44. The van der Waals surface area contributed by atoms with Crippen molar-refractivity contribution in [2.75, 3.05) is 13.2 Å². The predicted octanol–water partition coefficient (Wildman–Crippen LogP) is 2.68. The van der Waals surface area contributed by atoms with Gasteiger partial charge in [-0.3, -0.25) is 4.79 Å². The van der Waals surface area contributed by atoms with Crippen LogP contribution in [0, 0.1) is 11.3 Å². The number of amides is 1. The summed E-state index contributed by atoms with van der Waals surface area (Å²) in [6.07, 6.45) is 3.71. The zero-order valence-corrected chi connectivity index (χ0v) is 13.5. The van der Waals surface area contributed by atoms with E-state index in [9.17, 15) is 10.1 Å². The van der Waals surface area contributed by atoms with Gasteiger partial charge in [0.2, 0.25) is 0 Å². The summed E-state index contributed by atoms with van der Waals surface area (Å²) in [6, 6.07) is 9.24. The van der Waals surface area contributed by atoms with Gasteiger partial charge in [0, 0.05) is 13.2 Å². The second kappa shape index (κ2) is 8.35. The van der Waals surface area contributed by atoms with Gasteiger partial charge in [-0.05, 0) is 50.5 Å². The van der Waals surface area contributed by atoms with Crippen LogP contribution in [0.1, 0.15) is 32.3 Å². The largest absolute Gasteiger partial charge is 0.491 e. The number of carbonyl (C=O) groups excluding carboxylic acids is 1. The maximum atomic E-state index is 12.1. The molecule has 23 heavy (non-hydrogen) atoms. The van der Waals surface area contributed by atoms with Crippen LogP contribution in [0.5, 0.6) is 5.75 Å². The molecule has 0 bridgehead atoms. The fraction of sp³-hybridized carbons (Fsp3) is 0.444. The van der Waals surface area contributed by atoms with Gasteiger partial charge in [0.05, 0.1) is 12.2 Å². The minimum absolute atomic E-state index is 0.0614. The Morgan fingerprint density at radius 1 is 1.48 bits per heavy atom. The zero-order chi connectivity index (χ0) is 16.7. The first kappa shape index (κ1) is 17.0. The van der Waals surface area contributed by atoms with Gasteiger partial charge in [-0.1, -0.05) is 12.1 Å². The van der Waals surface area contributed by atoms with Crippen molar-refractivity contribution in [2.45, 2.75) is 38.9 Å². The normalized spacial score (nSPS) is 17.8. The second-order valence-electron chi connectivity index (χ2n) is 5.75. The number of hydrogen-bond acceptors (Lipinski definition) is 4. The Hall–Kier alpha value is -2.32. The van der Waals surface area contributed by atoms with Crippen molar-refractivity contribution in [1.82, 2.24) is 5.32 Å². The summed E-state index contributed by atoms with van der Waals surface area (Å²) in [4.78, 5) is 12.1. The molecule has 5 heteroatoms. The molecular weight excluding hydrogens is 292 g/mol. The average molecular weight is 314 g/mol. The summed E-state index contributed by atoms with van der Waals surface area (Å²) >= 11 is 0. The van der Waals surface area contributed by atoms with Gasteiger partial charge in [-0.25, -0.2) is 0 Å². The lowest BCUT2D eigenvalue weighted by molar-refractivity contribution is -0.117. The maximum Gasteiger partial charge on any atom is 0.262 e. The first-order chi connectivity index (χ1) is 11.1. The molecule has 1 aliphatic heterocycles. The lowest BCUT2D eigenvalue weighted by atomic mass is 10.1. The third-order valence-corrected chi connectivity index (χ3v) is 3.44. The highest BCUT2D eigenvalue weighted by atomic mass is 16.5. The molecule has 1 amide bonds. The minimum atomic E-state index is -0.370. The molecule has 0 aromatic heterocycles. The van der Waals surface area contributed by atoms with Gasteiger partial charge in [0.1, 0.15) is 17.4 Å². The van der Waals surface area contributed by atoms with Gasteiger partial charge in [0.25, 0.3) is 5.91 Å². The Morgan fingerprint density at radius 2 is 2.22 bits per heavy atom. The van der Waals surface area contributed by atoms with Crippen LogP contribution in [0.2, 0.25) is 0 Å². The van der Waals surface area contributed by atoms with Gasteiger partial charge in [0.15, 0.2) is 0 Å². The molecule has 1 aliphatic rings. The van der Waals surface area contributed by atoms with Crippen LogP contribution in [0.25, 0.3) is 6.08 Å². The first-order valence-corrected chi connectivity index (χ1v) is 7.87. The van der Waals surface area contributed by atoms with E-state index in [1.165, 1.54) is 0 Å². The maximum absolute atomic E-state index is 12.1. The lowest BCUT2D eigenvalue weighted by Crippen LogP contribution is -2.32. The number of nitrogens with zero attached hydrogens (tertiary/aromatic N) is 1. The molecule has 0 unspecified atom stereocenters. The standard InChI is InChI=1S/C18H22N2O3/c1-13(2)23-16-7-5-14(6-8-16)10-15(11-19)18(21)20-12-17-4-3-9-22-17/h5-8,10,13,17H,3-4,9,12H2,1-2H3,(H,20,21)/b15-10-/t17-/m0/s1. The molecule has 1 atom stereocenters. The molecular formula is C18H22N2O3. The highest BCUT2D eigenvalue weighted by molar-refractivity contribution is 6.01. The molecule has 5 nitrogen and oxygen atoms in total. The number of carbonyl (C=O) groups is 1. The van der Waals surface area contributed by atoms with Crippen LogP contribution < -0.4 is 10.1 Å². The molecule has 0 aliphatic carbocycles. The second-order valence-corrected chi connectivity index (χ2v) is 5.75. The predicted molar refractivity (Wildman–Crippen MR) is 87.8 cm³/mol. The molecule has 0 spiro atoms. The van der Waals surface area contributed by atoms with Crippen molar-refractivity contribution in [3.8, 4) is 11.8 Å². The van der Waals surface area contributed by atoms with Crippen molar-refractivity contribution in [3.63, 3.8) is 0 Å². The van der Waals surface area contributed by atoms with Crippen molar-refractivity contribution in [3.05, 3.63) is 35.4 Å². The summed E-state index contributed by atoms with van der Waals surface area (Å²) in [5.41, 5.74) is 0.866. The molecule has 1 N–H and O–H groups in total. The molecule has 1 saturated heterocycles. The van der Waals surface area contributed by atoms with E-state index in [1.54, 1.807) is 6.08 Å². The summed E-state index contributed by atoms with van der Waals surface area (Å²) in [7, 11) is 0. The number of benzene rings is 1. The summed E-state index contributed by atoms with van der Waals surface area (Å²) in [5.74, 6) is 0.393. The van der Waals surface area contributed by atoms with Crippen LogP contribution in [-0.4, -0.2) is 31.3 Å². The van der Waals surface area contributed by atoms with Crippen molar-refractivity contribution >= 4 is 12.0 Å². The van der Waals surface area contributed by atoms with Gasteiger partial charge < -0.3 is 14.8 Å². The average Bonchev–Trinajstić information content (AvgIpc) is 3.04. The number of ether oxygens (including phenoxy) is 2. The molecule has 1 fully saturated rings. The smallest absolute Gasteiger partial charge is 0.262 e. The number of hydrogen-bond donors (Lipinski definition) is 1.